The molecule has 1 rings (SSSR count). The standard InChI is InChI=1S/C17H18F3NO2/c1-3-21(4-2)11-5-6-14-12-15(17(18,19)20)9-7-13(14)8-10-16(22)23/h7-10,12H,3-4,11H2,1-2H3,(H,22,23). The molecule has 0 amide bonds. The smallest absolute Gasteiger partial charge is 0.416 e. The highest BCUT2D eigenvalue weighted by atomic mass is 19.4. The first-order chi connectivity index (χ1) is 10.8. The molecular formula is C17H18F3NO2. The average Bonchev–Trinajstić information content (AvgIpc) is 2.49. The molecule has 0 radical (unpaired) electrons. The fourth-order valence-corrected chi connectivity index (χ4v) is 1.84. The normalized spacial score (nSPS) is 11.6. The lowest BCUT2D eigenvalue weighted by Gasteiger charge is -2.13. The van der Waals surface area contributed by atoms with Crippen LogP contribution in [0.2, 0.25) is 0 Å². The van der Waals surface area contributed by atoms with E-state index in [1.165, 1.54) is 12.1 Å². The van der Waals surface area contributed by atoms with Gasteiger partial charge in [0.2, 0.25) is 0 Å². The summed E-state index contributed by atoms with van der Waals surface area (Å²) in [4.78, 5) is 12.6. The van der Waals surface area contributed by atoms with Crippen LogP contribution in [0.4, 0.5) is 13.2 Å². The number of nitrogens with zero attached hydrogens (tertiary/aromatic N) is 1. The Labute approximate surface area is 133 Å². The zero-order valence-electron chi connectivity index (χ0n) is 12.9. The molecule has 23 heavy (non-hydrogen) atoms. The summed E-state index contributed by atoms with van der Waals surface area (Å²) in [5.74, 6) is 4.38. The molecule has 124 valence electrons. The van der Waals surface area contributed by atoms with Crippen molar-refractivity contribution in [2.45, 2.75) is 20.0 Å². The van der Waals surface area contributed by atoms with Crippen molar-refractivity contribution in [1.82, 2.24) is 4.90 Å². The van der Waals surface area contributed by atoms with Crippen molar-refractivity contribution >= 4 is 12.0 Å². The molecule has 0 saturated carbocycles. The summed E-state index contributed by atoms with van der Waals surface area (Å²) in [5.41, 5.74) is -0.311. The first-order valence-corrected chi connectivity index (χ1v) is 7.11. The largest absolute Gasteiger partial charge is 0.478 e. The molecule has 0 spiro atoms. The van der Waals surface area contributed by atoms with Crippen LogP contribution in [0.1, 0.15) is 30.5 Å². The third-order valence-electron chi connectivity index (χ3n) is 3.21. The first kappa shape index (κ1) is 18.8. The molecule has 0 aliphatic rings. The minimum absolute atomic E-state index is 0.157. The zero-order valence-corrected chi connectivity index (χ0v) is 12.9. The van der Waals surface area contributed by atoms with E-state index >= 15 is 0 Å². The molecule has 0 fully saturated rings. The van der Waals surface area contributed by atoms with Gasteiger partial charge in [-0.3, -0.25) is 4.90 Å². The molecule has 3 nitrogen and oxygen atoms in total. The summed E-state index contributed by atoms with van der Waals surface area (Å²) < 4.78 is 38.4. The zero-order chi connectivity index (χ0) is 17.5. The van der Waals surface area contributed by atoms with Crippen LogP contribution in [0.5, 0.6) is 0 Å². The number of carboxylic acids is 1. The van der Waals surface area contributed by atoms with Crippen molar-refractivity contribution in [3.05, 3.63) is 41.0 Å². The van der Waals surface area contributed by atoms with Gasteiger partial charge in [-0.2, -0.15) is 13.2 Å². The molecule has 0 unspecified atom stereocenters. The molecule has 0 aromatic heterocycles. The van der Waals surface area contributed by atoms with Gasteiger partial charge in [-0.15, -0.1) is 0 Å². The van der Waals surface area contributed by atoms with E-state index in [1.807, 2.05) is 18.7 Å². The van der Waals surface area contributed by atoms with Crippen molar-refractivity contribution < 1.29 is 23.1 Å². The summed E-state index contributed by atoms with van der Waals surface area (Å²) in [5, 5.41) is 8.65. The maximum atomic E-state index is 12.8. The number of hydrogen-bond acceptors (Lipinski definition) is 2. The van der Waals surface area contributed by atoms with Crippen LogP contribution in [-0.4, -0.2) is 35.6 Å². The fraction of sp³-hybridized carbons (Fsp3) is 0.353. The summed E-state index contributed by atoms with van der Waals surface area (Å²) in [7, 11) is 0. The fourth-order valence-electron chi connectivity index (χ4n) is 1.84. The van der Waals surface area contributed by atoms with E-state index in [1.54, 1.807) is 0 Å². The van der Waals surface area contributed by atoms with E-state index in [0.717, 1.165) is 31.3 Å². The molecular weight excluding hydrogens is 307 g/mol. The lowest BCUT2D eigenvalue weighted by atomic mass is 10.0. The van der Waals surface area contributed by atoms with Gasteiger partial charge in [0, 0.05) is 11.6 Å². The van der Waals surface area contributed by atoms with Crippen molar-refractivity contribution in [1.29, 1.82) is 0 Å². The monoisotopic (exact) mass is 325 g/mol. The third-order valence-corrected chi connectivity index (χ3v) is 3.21. The van der Waals surface area contributed by atoms with Gasteiger partial charge in [-0.25, -0.2) is 4.79 Å². The van der Waals surface area contributed by atoms with Crippen LogP contribution in [0.3, 0.4) is 0 Å². The van der Waals surface area contributed by atoms with E-state index in [4.69, 9.17) is 5.11 Å². The molecule has 0 saturated heterocycles. The minimum atomic E-state index is -4.47. The predicted molar refractivity (Wildman–Crippen MR) is 82.8 cm³/mol. The molecule has 1 aromatic rings. The van der Waals surface area contributed by atoms with Gasteiger partial charge in [0.1, 0.15) is 0 Å². The third kappa shape index (κ3) is 6.17. The lowest BCUT2D eigenvalue weighted by Crippen LogP contribution is -2.22. The Morgan fingerprint density at radius 2 is 1.96 bits per heavy atom. The second-order valence-electron chi connectivity index (χ2n) is 4.73. The highest BCUT2D eigenvalue weighted by molar-refractivity contribution is 5.85. The van der Waals surface area contributed by atoms with Crippen LogP contribution in [0.25, 0.3) is 6.08 Å². The predicted octanol–water partition coefficient (Wildman–Crippen LogP) is 3.50. The van der Waals surface area contributed by atoms with Crippen molar-refractivity contribution in [3.8, 4) is 11.8 Å². The number of alkyl halides is 3. The summed E-state index contributed by atoms with van der Waals surface area (Å²) in [6.45, 7) is 5.96. The second-order valence-corrected chi connectivity index (χ2v) is 4.73. The molecule has 1 aromatic carbocycles. The van der Waals surface area contributed by atoms with Crippen LogP contribution < -0.4 is 0 Å². The number of halogens is 3. The minimum Gasteiger partial charge on any atom is -0.478 e. The Morgan fingerprint density at radius 1 is 1.30 bits per heavy atom. The van der Waals surface area contributed by atoms with Crippen molar-refractivity contribution in [3.63, 3.8) is 0 Å². The van der Waals surface area contributed by atoms with E-state index in [0.29, 0.717) is 12.1 Å². The molecule has 0 heterocycles. The van der Waals surface area contributed by atoms with Gasteiger partial charge < -0.3 is 5.11 Å². The van der Waals surface area contributed by atoms with Gasteiger partial charge in [-0.1, -0.05) is 31.8 Å². The molecule has 0 atom stereocenters. The Balaban J connectivity index is 3.18. The van der Waals surface area contributed by atoms with Crippen LogP contribution >= 0.6 is 0 Å². The Kier molecular flexibility index (Phi) is 6.86. The highest BCUT2D eigenvalue weighted by Crippen LogP contribution is 2.30. The SMILES string of the molecule is CCN(CC)CC#Cc1cc(C(F)(F)F)ccc1C=CC(=O)O. The van der Waals surface area contributed by atoms with Crippen LogP contribution in [-0.2, 0) is 11.0 Å². The number of carbonyl (C=O) groups is 1. The molecule has 0 aliphatic carbocycles. The highest BCUT2D eigenvalue weighted by Gasteiger charge is 2.30. The maximum Gasteiger partial charge on any atom is 0.416 e. The maximum absolute atomic E-state index is 12.8. The van der Waals surface area contributed by atoms with Crippen LogP contribution in [0, 0.1) is 11.8 Å². The molecule has 6 heteroatoms. The number of rotatable bonds is 5. The van der Waals surface area contributed by atoms with Gasteiger partial charge in [0.05, 0.1) is 12.1 Å². The van der Waals surface area contributed by atoms with E-state index in [9.17, 15) is 18.0 Å². The average molecular weight is 325 g/mol. The van der Waals surface area contributed by atoms with Crippen molar-refractivity contribution in [2.75, 3.05) is 19.6 Å². The topological polar surface area (TPSA) is 40.5 Å². The summed E-state index contributed by atoms with van der Waals surface area (Å²) >= 11 is 0. The van der Waals surface area contributed by atoms with E-state index < -0.39 is 17.7 Å². The number of benzene rings is 1. The Morgan fingerprint density at radius 3 is 2.48 bits per heavy atom. The van der Waals surface area contributed by atoms with Gasteiger partial charge >= 0.3 is 12.1 Å². The lowest BCUT2D eigenvalue weighted by molar-refractivity contribution is -0.137. The quantitative estimate of drug-likeness (QED) is 0.665. The van der Waals surface area contributed by atoms with Gasteiger partial charge in [0.25, 0.3) is 0 Å². The van der Waals surface area contributed by atoms with E-state index in [-0.39, 0.29) is 5.56 Å². The van der Waals surface area contributed by atoms with Crippen LogP contribution in [0.15, 0.2) is 24.3 Å². The summed E-state index contributed by atoms with van der Waals surface area (Å²) in [6.07, 6.45) is -2.35. The molecule has 0 bridgehead atoms. The van der Waals surface area contributed by atoms with Gasteiger partial charge in [0.15, 0.2) is 0 Å². The molecule has 0 aliphatic heterocycles. The van der Waals surface area contributed by atoms with Crippen molar-refractivity contribution in [2.24, 2.45) is 0 Å². The Bertz CT molecular complexity index is 635. The van der Waals surface area contributed by atoms with E-state index in [2.05, 4.69) is 11.8 Å². The molecule has 1 N–H and O–H groups in total. The number of hydrogen-bond donors (Lipinski definition) is 1. The summed E-state index contributed by atoms with van der Waals surface area (Å²) in [6, 6.07) is 3.08. The number of carboxylic acid groups (broad SMARTS) is 1. The second kappa shape index (κ2) is 8.39. The first-order valence-electron chi connectivity index (χ1n) is 7.11. The number of aliphatic carboxylic acids is 1. The Hall–Kier alpha value is -2.26. The van der Waals surface area contributed by atoms with Gasteiger partial charge in [-0.05, 0) is 36.9 Å².